The lowest BCUT2D eigenvalue weighted by Crippen LogP contribution is -1.99. The third-order valence-electron chi connectivity index (χ3n) is 2.16. The Bertz CT molecular complexity index is 540. The van der Waals surface area contributed by atoms with Gasteiger partial charge in [-0.25, -0.2) is 4.98 Å². The van der Waals surface area contributed by atoms with Crippen molar-refractivity contribution >= 4 is 17.4 Å². The first-order valence-electron chi connectivity index (χ1n) is 5.07. The quantitative estimate of drug-likeness (QED) is 0.613. The summed E-state index contributed by atoms with van der Waals surface area (Å²) < 4.78 is 5.54. The van der Waals surface area contributed by atoms with E-state index in [4.69, 9.17) is 16.3 Å². The zero-order chi connectivity index (χ0) is 12.3. The number of Topliss-reactive ketones (excluding diaryl/α,β-unsaturated/α-hetero) is 1. The molecule has 2 aromatic rings. The molecule has 3 nitrogen and oxygen atoms in total. The number of hydrogen-bond donors (Lipinski definition) is 0. The van der Waals surface area contributed by atoms with Crippen molar-refractivity contribution in [3.63, 3.8) is 0 Å². The van der Waals surface area contributed by atoms with Gasteiger partial charge in [-0.15, -0.1) is 0 Å². The van der Waals surface area contributed by atoms with Crippen molar-refractivity contribution in [3.8, 4) is 11.6 Å². The number of pyridine rings is 1. The van der Waals surface area contributed by atoms with Gasteiger partial charge in [0.15, 0.2) is 5.78 Å². The minimum atomic E-state index is -0.111. The summed E-state index contributed by atoms with van der Waals surface area (Å²) in [7, 11) is 0. The second-order valence-corrected chi connectivity index (χ2v) is 3.85. The van der Waals surface area contributed by atoms with Crippen molar-refractivity contribution in [1.29, 1.82) is 0 Å². The molecule has 2 rings (SSSR count). The molecule has 0 fully saturated rings. The van der Waals surface area contributed by atoms with E-state index in [2.05, 4.69) is 4.98 Å². The topological polar surface area (TPSA) is 39.2 Å². The number of ketones is 1. The summed E-state index contributed by atoms with van der Waals surface area (Å²) in [4.78, 5) is 15.4. The number of para-hydroxylation sites is 1. The van der Waals surface area contributed by atoms with E-state index >= 15 is 0 Å². The molecule has 0 bridgehead atoms. The van der Waals surface area contributed by atoms with E-state index in [-0.39, 0.29) is 11.7 Å². The van der Waals surface area contributed by atoms with E-state index < -0.39 is 0 Å². The van der Waals surface area contributed by atoms with E-state index in [0.717, 1.165) is 0 Å². The number of hydrogen-bond acceptors (Lipinski definition) is 3. The molecule has 0 amide bonds. The first-order chi connectivity index (χ1) is 8.16. The monoisotopic (exact) mass is 247 g/mol. The van der Waals surface area contributed by atoms with Gasteiger partial charge in [0.05, 0.1) is 5.56 Å². The number of ether oxygens (including phenoxy) is 1. The fourth-order valence-corrected chi connectivity index (χ4v) is 1.50. The second kappa shape index (κ2) is 4.97. The van der Waals surface area contributed by atoms with Crippen LogP contribution in [0.4, 0.5) is 0 Å². The molecule has 1 aromatic carbocycles. The molecule has 1 aromatic heterocycles. The van der Waals surface area contributed by atoms with Gasteiger partial charge in [0.1, 0.15) is 10.9 Å². The van der Waals surface area contributed by atoms with Crippen LogP contribution in [0.15, 0.2) is 42.5 Å². The summed E-state index contributed by atoms with van der Waals surface area (Å²) in [6, 6.07) is 12.3. The Kier molecular flexibility index (Phi) is 3.40. The maximum atomic E-state index is 11.4. The number of carbonyl (C=O) groups excluding carboxylic acids is 1. The molecule has 0 saturated carbocycles. The van der Waals surface area contributed by atoms with Crippen LogP contribution in [-0.4, -0.2) is 10.8 Å². The zero-order valence-corrected chi connectivity index (χ0v) is 9.94. The zero-order valence-electron chi connectivity index (χ0n) is 9.18. The predicted octanol–water partition coefficient (Wildman–Crippen LogP) is 3.73. The molecule has 0 N–H and O–H groups in total. The van der Waals surface area contributed by atoms with Gasteiger partial charge in [-0.05, 0) is 31.2 Å². The average molecular weight is 248 g/mol. The Morgan fingerprint density at radius 1 is 1.18 bits per heavy atom. The van der Waals surface area contributed by atoms with Gasteiger partial charge in [0.2, 0.25) is 5.88 Å². The molecule has 0 aliphatic carbocycles. The Balaban J connectivity index is 2.37. The highest BCUT2D eigenvalue weighted by molar-refractivity contribution is 6.29. The van der Waals surface area contributed by atoms with Gasteiger partial charge in [0, 0.05) is 0 Å². The summed E-state index contributed by atoms with van der Waals surface area (Å²) in [5.41, 5.74) is 0.415. The smallest absolute Gasteiger partial charge is 0.231 e. The molecule has 0 unspecified atom stereocenters. The molecular weight excluding hydrogens is 238 g/mol. The van der Waals surface area contributed by atoms with Crippen molar-refractivity contribution in [3.05, 3.63) is 53.2 Å². The van der Waals surface area contributed by atoms with E-state index in [0.29, 0.717) is 16.5 Å². The van der Waals surface area contributed by atoms with Gasteiger partial charge in [-0.1, -0.05) is 29.8 Å². The number of halogens is 1. The van der Waals surface area contributed by atoms with E-state index in [9.17, 15) is 4.79 Å². The van der Waals surface area contributed by atoms with Crippen LogP contribution in [0.2, 0.25) is 5.15 Å². The van der Waals surface area contributed by atoms with Gasteiger partial charge in [-0.2, -0.15) is 0 Å². The Morgan fingerprint density at radius 3 is 2.53 bits per heavy atom. The molecular formula is C13H10ClNO2. The molecule has 86 valence electrons. The fraction of sp³-hybridized carbons (Fsp3) is 0.0769. The molecule has 0 radical (unpaired) electrons. The van der Waals surface area contributed by atoms with E-state index in [1.807, 2.05) is 18.2 Å². The van der Waals surface area contributed by atoms with Crippen molar-refractivity contribution in [2.24, 2.45) is 0 Å². The minimum absolute atomic E-state index is 0.111. The molecule has 0 saturated heterocycles. The van der Waals surface area contributed by atoms with Gasteiger partial charge in [-0.3, -0.25) is 4.79 Å². The number of nitrogens with zero attached hydrogens (tertiary/aromatic N) is 1. The van der Waals surface area contributed by atoms with Crippen LogP contribution in [0, 0.1) is 0 Å². The molecule has 1 heterocycles. The van der Waals surface area contributed by atoms with E-state index in [1.165, 1.54) is 6.92 Å². The summed E-state index contributed by atoms with van der Waals surface area (Å²) >= 11 is 5.79. The summed E-state index contributed by atoms with van der Waals surface area (Å²) in [5.74, 6) is 0.737. The second-order valence-electron chi connectivity index (χ2n) is 3.46. The molecule has 0 aliphatic rings. The number of aromatic nitrogens is 1. The lowest BCUT2D eigenvalue weighted by molar-refractivity contribution is 0.101. The Hall–Kier alpha value is -1.87. The van der Waals surface area contributed by atoms with Gasteiger partial charge < -0.3 is 4.74 Å². The standard InChI is InChI=1S/C13H10ClNO2/c1-9(16)11-7-8-12(14)15-13(11)17-10-5-3-2-4-6-10/h2-8H,1H3. The molecule has 0 atom stereocenters. The van der Waals surface area contributed by atoms with E-state index in [1.54, 1.807) is 24.3 Å². The van der Waals surface area contributed by atoms with Crippen molar-refractivity contribution < 1.29 is 9.53 Å². The minimum Gasteiger partial charge on any atom is -0.438 e. The normalized spacial score (nSPS) is 10.0. The van der Waals surface area contributed by atoms with Crippen LogP contribution in [0.3, 0.4) is 0 Å². The van der Waals surface area contributed by atoms with Crippen LogP contribution in [-0.2, 0) is 0 Å². The van der Waals surface area contributed by atoms with Crippen molar-refractivity contribution in [1.82, 2.24) is 4.98 Å². The van der Waals surface area contributed by atoms with Gasteiger partial charge >= 0.3 is 0 Å². The van der Waals surface area contributed by atoms with Crippen LogP contribution in [0.1, 0.15) is 17.3 Å². The summed E-state index contributed by atoms with van der Waals surface area (Å²) in [6.45, 7) is 1.46. The molecule has 17 heavy (non-hydrogen) atoms. The van der Waals surface area contributed by atoms with Crippen LogP contribution < -0.4 is 4.74 Å². The number of rotatable bonds is 3. The summed E-state index contributed by atoms with van der Waals surface area (Å²) in [5, 5.41) is 0.293. The Labute approximate surface area is 104 Å². The first kappa shape index (κ1) is 11.6. The third-order valence-corrected chi connectivity index (χ3v) is 2.37. The van der Waals surface area contributed by atoms with Crippen LogP contribution >= 0.6 is 11.6 Å². The fourth-order valence-electron chi connectivity index (χ4n) is 1.36. The van der Waals surface area contributed by atoms with Crippen LogP contribution in [0.25, 0.3) is 0 Å². The SMILES string of the molecule is CC(=O)c1ccc(Cl)nc1Oc1ccccc1. The lowest BCUT2D eigenvalue weighted by Gasteiger charge is -2.08. The first-order valence-corrected chi connectivity index (χ1v) is 5.45. The number of benzene rings is 1. The van der Waals surface area contributed by atoms with Crippen molar-refractivity contribution in [2.75, 3.05) is 0 Å². The number of carbonyl (C=O) groups is 1. The highest BCUT2D eigenvalue weighted by Gasteiger charge is 2.11. The molecule has 0 aliphatic heterocycles. The van der Waals surface area contributed by atoms with Gasteiger partial charge in [0.25, 0.3) is 0 Å². The third kappa shape index (κ3) is 2.82. The molecule has 4 heteroatoms. The summed E-state index contributed by atoms with van der Waals surface area (Å²) in [6.07, 6.45) is 0. The lowest BCUT2D eigenvalue weighted by atomic mass is 10.2. The maximum Gasteiger partial charge on any atom is 0.231 e. The maximum absolute atomic E-state index is 11.4. The van der Waals surface area contributed by atoms with Crippen molar-refractivity contribution in [2.45, 2.75) is 6.92 Å². The highest BCUT2D eigenvalue weighted by atomic mass is 35.5. The largest absolute Gasteiger partial charge is 0.438 e. The highest BCUT2D eigenvalue weighted by Crippen LogP contribution is 2.25. The Morgan fingerprint density at radius 2 is 1.88 bits per heavy atom. The molecule has 0 spiro atoms. The predicted molar refractivity (Wildman–Crippen MR) is 65.8 cm³/mol. The average Bonchev–Trinajstić information content (AvgIpc) is 2.30. The van der Waals surface area contributed by atoms with Crippen LogP contribution in [0.5, 0.6) is 11.6 Å².